The summed E-state index contributed by atoms with van der Waals surface area (Å²) in [6.45, 7) is 8.30. The standard InChI is InChI=1S/C19H21FN2O3S/c1-4-22(13-14(2)3)19(23)15-8-7-9-16(12-15)26(24,25)21-18-11-6-5-10-17(18)20/h5-12,21H,2,4,13H2,1,3H3. The van der Waals surface area contributed by atoms with Gasteiger partial charge in [-0.05, 0) is 44.2 Å². The number of benzene rings is 2. The largest absolute Gasteiger partial charge is 0.335 e. The number of hydrogen-bond acceptors (Lipinski definition) is 3. The van der Waals surface area contributed by atoms with Crippen LogP contribution in [-0.2, 0) is 10.0 Å². The van der Waals surface area contributed by atoms with Crippen molar-refractivity contribution in [2.45, 2.75) is 18.7 Å². The third kappa shape index (κ3) is 4.70. The molecular formula is C19H21FN2O3S. The first kappa shape index (κ1) is 19.7. The molecule has 0 atom stereocenters. The highest BCUT2D eigenvalue weighted by Crippen LogP contribution is 2.20. The van der Waals surface area contributed by atoms with Gasteiger partial charge in [-0.2, -0.15) is 0 Å². The van der Waals surface area contributed by atoms with Gasteiger partial charge in [0, 0.05) is 18.7 Å². The van der Waals surface area contributed by atoms with Gasteiger partial charge in [0.05, 0.1) is 10.6 Å². The van der Waals surface area contributed by atoms with E-state index in [1.807, 2.05) is 13.8 Å². The van der Waals surface area contributed by atoms with Gasteiger partial charge >= 0.3 is 0 Å². The number of nitrogens with one attached hydrogen (secondary N) is 1. The molecule has 138 valence electrons. The Balaban J connectivity index is 2.31. The van der Waals surface area contributed by atoms with Gasteiger partial charge in [-0.1, -0.05) is 30.4 Å². The fourth-order valence-electron chi connectivity index (χ4n) is 2.38. The van der Waals surface area contributed by atoms with Crippen LogP contribution in [-0.4, -0.2) is 32.3 Å². The number of anilines is 1. The molecule has 0 radical (unpaired) electrons. The molecule has 0 saturated carbocycles. The molecule has 1 N–H and O–H groups in total. The number of carbonyl (C=O) groups excluding carboxylic acids is 1. The quantitative estimate of drug-likeness (QED) is 0.750. The zero-order chi connectivity index (χ0) is 19.3. The Morgan fingerprint density at radius 1 is 1.19 bits per heavy atom. The monoisotopic (exact) mass is 376 g/mol. The van der Waals surface area contributed by atoms with E-state index < -0.39 is 15.8 Å². The summed E-state index contributed by atoms with van der Waals surface area (Å²) in [6.07, 6.45) is 0. The smallest absolute Gasteiger partial charge is 0.262 e. The van der Waals surface area contributed by atoms with Gasteiger partial charge in [-0.25, -0.2) is 12.8 Å². The van der Waals surface area contributed by atoms with E-state index in [0.717, 1.165) is 11.6 Å². The minimum absolute atomic E-state index is 0.113. The molecule has 2 aromatic carbocycles. The molecule has 0 bridgehead atoms. The van der Waals surface area contributed by atoms with Crippen LogP contribution in [0.2, 0.25) is 0 Å². The fraction of sp³-hybridized carbons (Fsp3) is 0.211. The predicted octanol–water partition coefficient (Wildman–Crippen LogP) is 3.66. The minimum atomic E-state index is -4.03. The van der Waals surface area contributed by atoms with Crippen molar-refractivity contribution in [2.24, 2.45) is 0 Å². The van der Waals surface area contributed by atoms with Crippen molar-refractivity contribution in [3.8, 4) is 0 Å². The average Bonchev–Trinajstić information content (AvgIpc) is 2.61. The maximum Gasteiger partial charge on any atom is 0.262 e. The van der Waals surface area contributed by atoms with Gasteiger partial charge in [0.25, 0.3) is 15.9 Å². The molecule has 0 saturated heterocycles. The number of rotatable bonds is 7. The third-order valence-corrected chi connectivity index (χ3v) is 5.00. The van der Waals surface area contributed by atoms with Crippen molar-refractivity contribution in [3.63, 3.8) is 0 Å². The summed E-state index contributed by atoms with van der Waals surface area (Å²) in [4.78, 5) is 14.1. The van der Waals surface area contributed by atoms with E-state index in [9.17, 15) is 17.6 Å². The van der Waals surface area contributed by atoms with Crippen LogP contribution >= 0.6 is 0 Å². The third-order valence-electron chi connectivity index (χ3n) is 3.64. The molecule has 1 amide bonds. The molecule has 2 rings (SSSR count). The molecule has 0 fully saturated rings. The predicted molar refractivity (Wildman–Crippen MR) is 100 cm³/mol. The molecule has 5 nitrogen and oxygen atoms in total. The van der Waals surface area contributed by atoms with Crippen molar-refractivity contribution in [2.75, 3.05) is 17.8 Å². The number of sulfonamides is 1. The van der Waals surface area contributed by atoms with E-state index >= 15 is 0 Å². The molecule has 2 aromatic rings. The molecule has 0 heterocycles. The van der Waals surface area contributed by atoms with Crippen molar-refractivity contribution in [3.05, 3.63) is 72.1 Å². The number of halogens is 1. The second-order valence-corrected chi connectivity index (χ2v) is 7.57. The van der Waals surface area contributed by atoms with E-state index in [0.29, 0.717) is 13.1 Å². The van der Waals surface area contributed by atoms with Gasteiger partial charge in [-0.15, -0.1) is 0 Å². The molecule has 0 aliphatic heterocycles. The van der Waals surface area contributed by atoms with Crippen LogP contribution in [0.3, 0.4) is 0 Å². The molecule has 7 heteroatoms. The Hall–Kier alpha value is -2.67. The second-order valence-electron chi connectivity index (χ2n) is 5.89. The Morgan fingerprint density at radius 2 is 1.88 bits per heavy atom. The molecule has 0 spiro atoms. The Bertz CT molecular complexity index is 926. The summed E-state index contributed by atoms with van der Waals surface area (Å²) in [5, 5.41) is 0. The topological polar surface area (TPSA) is 66.5 Å². The zero-order valence-corrected chi connectivity index (χ0v) is 15.5. The van der Waals surface area contributed by atoms with Crippen LogP contribution in [0.5, 0.6) is 0 Å². The van der Waals surface area contributed by atoms with Crippen molar-refractivity contribution in [1.29, 1.82) is 0 Å². The van der Waals surface area contributed by atoms with Crippen molar-refractivity contribution < 1.29 is 17.6 Å². The van der Waals surface area contributed by atoms with Crippen LogP contribution in [0.4, 0.5) is 10.1 Å². The first-order valence-electron chi connectivity index (χ1n) is 8.05. The summed E-state index contributed by atoms with van der Waals surface area (Å²) in [5.41, 5.74) is 0.913. The van der Waals surface area contributed by atoms with E-state index in [2.05, 4.69) is 11.3 Å². The lowest BCUT2D eigenvalue weighted by Gasteiger charge is -2.21. The zero-order valence-electron chi connectivity index (χ0n) is 14.7. The Labute approximate surface area is 153 Å². The first-order valence-corrected chi connectivity index (χ1v) is 9.54. The molecule has 0 aromatic heterocycles. The number of para-hydroxylation sites is 1. The van der Waals surface area contributed by atoms with Crippen LogP contribution in [0, 0.1) is 5.82 Å². The number of likely N-dealkylation sites (N-methyl/N-ethyl adjacent to an activating group) is 1. The van der Waals surface area contributed by atoms with E-state index in [4.69, 9.17) is 0 Å². The van der Waals surface area contributed by atoms with Gasteiger partial charge in [0.2, 0.25) is 0 Å². The summed E-state index contributed by atoms with van der Waals surface area (Å²) >= 11 is 0. The number of amides is 1. The first-order chi connectivity index (χ1) is 12.2. The second kappa shape index (κ2) is 8.14. The summed E-state index contributed by atoms with van der Waals surface area (Å²) in [7, 11) is -4.03. The maximum atomic E-state index is 13.7. The Kier molecular flexibility index (Phi) is 6.15. The summed E-state index contributed by atoms with van der Waals surface area (Å²) < 4.78 is 41.0. The number of carbonyl (C=O) groups is 1. The molecule has 0 aliphatic rings. The highest BCUT2D eigenvalue weighted by molar-refractivity contribution is 7.92. The Morgan fingerprint density at radius 3 is 2.50 bits per heavy atom. The van der Waals surface area contributed by atoms with Crippen molar-refractivity contribution >= 4 is 21.6 Å². The SMILES string of the molecule is C=C(C)CN(CC)C(=O)c1cccc(S(=O)(=O)Nc2ccccc2F)c1. The van der Waals surface area contributed by atoms with Gasteiger partial charge in [0.15, 0.2) is 0 Å². The van der Waals surface area contributed by atoms with Gasteiger partial charge in [0.1, 0.15) is 5.82 Å². The number of hydrogen-bond donors (Lipinski definition) is 1. The normalized spacial score (nSPS) is 11.0. The van der Waals surface area contributed by atoms with E-state index in [1.54, 1.807) is 11.0 Å². The molecule has 26 heavy (non-hydrogen) atoms. The lowest BCUT2D eigenvalue weighted by atomic mass is 10.2. The van der Waals surface area contributed by atoms with Gasteiger partial charge < -0.3 is 4.90 Å². The number of nitrogens with zero attached hydrogens (tertiary/aromatic N) is 1. The summed E-state index contributed by atoms with van der Waals surface area (Å²) in [5.74, 6) is -0.972. The van der Waals surface area contributed by atoms with Crippen LogP contribution in [0.25, 0.3) is 0 Å². The minimum Gasteiger partial charge on any atom is -0.335 e. The van der Waals surface area contributed by atoms with Crippen LogP contribution in [0.1, 0.15) is 24.2 Å². The fourth-order valence-corrected chi connectivity index (χ4v) is 3.49. The van der Waals surface area contributed by atoms with Gasteiger partial charge in [-0.3, -0.25) is 9.52 Å². The molecule has 0 unspecified atom stereocenters. The maximum absolute atomic E-state index is 13.7. The summed E-state index contributed by atoms with van der Waals surface area (Å²) in [6, 6.07) is 11.2. The van der Waals surface area contributed by atoms with E-state index in [-0.39, 0.29) is 22.1 Å². The average molecular weight is 376 g/mol. The van der Waals surface area contributed by atoms with Crippen LogP contribution < -0.4 is 4.72 Å². The van der Waals surface area contributed by atoms with E-state index in [1.165, 1.54) is 36.4 Å². The highest BCUT2D eigenvalue weighted by Gasteiger charge is 2.20. The lowest BCUT2D eigenvalue weighted by Crippen LogP contribution is -2.32. The molecule has 0 aliphatic carbocycles. The lowest BCUT2D eigenvalue weighted by molar-refractivity contribution is 0.0778. The van der Waals surface area contributed by atoms with Crippen LogP contribution in [0.15, 0.2) is 65.6 Å². The highest BCUT2D eigenvalue weighted by atomic mass is 32.2. The van der Waals surface area contributed by atoms with Crippen molar-refractivity contribution in [1.82, 2.24) is 4.90 Å². The molecular weight excluding hydrogens is 355 g/mol.